The van der Waals surface area contributed by atoms with Gasteiger partial charge in [0.05, 0.1) is 18.8 Å². The van der Waals surface area contributed by atoms with Gasteiger partial charge in [0, 0.05) is 19.6 Å². The Morgan fingerprint density at radius 3 is 2.54 bits per heavy atom. The van der Waals surface area contributed by atoms with E-state index in [1.807, 2.05) is 0 Å². The molecule has 0 spiro atoms. The van der Waals surface area contributed by atoms with Crippen LogP contribution in [0.5, 0.6) is 0 Å². The molecule has 2 amide bonds. The van der Waals surface area contributed by atoms with Crippen molar-refractivity contribution in [3.63, 3.8) is 0 Å². The SMILES string of the molecule is CC(C)(C)[Si](C)(C)OCCNC(=O)c1[nH]c(=O)n2c1CN(C(=O)O)CC2. The zero-order valence-electron chi connectivity index (χ0n) is 16.0. The molecule has 1 aromatic rings. The lowest BCUT2D eigenvalue weighted by Gasteiger charge is -2.36. The summed E-state index contributed by atoms with van der Waals surface area (Å²) >= 11 is 0. The molecule has 10 heteroatoms. The molecule has 1 aliphatic heterocycles. The van der Waals surface area contributed by atoms with Crippen LogP contribution in [0.15, 0.2) is 4.79 Å². The van der Waals surface area contributed by atoms with Gasteiger partial charge in [-0.25, -0.2) is 9.59 Å². The zero-order valence-corrected chi connectivity index (χ0v) is 17.0. The third kappa shape index (κ3) is 4.18. The van der Waals surface area contributed by atoms with Gasteiger partial charge in [-0.1, -0.05) is 20.8 Å². The highest BCUT2D eigenvalue weighted by Crippen LogP contribution is 2.36. The van der Waals surface area contributed by atoms with Gasteiger partial charge in [-0.2, -0.15) is 0 Å². The van der Waals surface area contributed by atoms with E-state index in [-0.39, 0.29) is 30.4 Å². The Kier molecular flexibility index (Phi) is 5.66. The zero-order chi connectivity index (χ0) is 19.7. The molecule has 0 atom stereocenters. The summed E-state index contributed by atoms with van der Waals surface area (Å²) in [6.45, 7) is 11.9. The third-order valence-electron chi connectivity index (χ3n) is 5.18. The number of nitrogens with zero attached hydrogens (tertiary/aromatic N) is 2. The number of imidazole rings is 1. The molecule has 3 N–H and O–H groups in total. The van der Waals surface area contributed by atoms with E-state index in [0.717, 1.165) is 0 Å². The number of carbonyl (C=O) groups excluding carboxylic acids is 1. The highest BCUT2D eigenvalue weighted by molar-refractivity contribution is 6.74. The van der Waals surface area contributed by atoms with Gasteiger partial charge in [0.1, 0.15) is 5.69 Å². The maximum atomic E-state index is 12.4. The van der Waals surface area contributed by atoms with E-state index in [4.69, 9.17) is 9.53 Å². The second-order valence-corrected chi connectivity index (χ2v) is 12.8. The summed E-state index contributed by atoms with van der Waals surface area (Å²) in [7, 11) is -1.88. The van der Waals surface area contributed by atoms with Crippen molar-refractivity contribution in [2.45, 2.75) is 52.0 Å². The Morgan fingerprint density at radius 1 is 1.31 bits per heavy atom. The predicted molar refractivity (Wildman–Crippen MR) is 99.0 cm³/mol. The third-order valence-corrected chi connectivity index (χ3v) is 9.72. The van der Waals surface area contributed by atoms with Crippen LogP contribution in [0.3, 0.4) is 0 Å². The monoisotopic (exact) mass is 384 g/mol. The van der Waals surface area contributed by atoms with Crippen LogP contribution in [0.2, 0.25) is 18.1 Å². The molecule has 9 nitrogen and oxygen atoms in total. The smallest absolute Gasteiger partial charge is 0.407 e. The van der Waals surface area contributed by atoms with Crippen LogP contribution in [0.1, 0.15) is 37.0 Å². The number of amides is 2. The number of aromatic nitrogens is 2. The van der Waals surface area contributed by atoms with Gasteiger partial charge in [0.15, 0.2) is 8.32 Å². The van der Waals surface area contributed by atoms with Gasteiger partial charge in [-0.3, -0.25) is 9.36 Å². The van der Waals surface area contributed by atoms with Crippen LogP contribution in [0.4, 0.5) is 4.79 Å². The van der Waals surface area contributed by atoms with Crippen molar-refractivity contribution < 1.29 is 19.1 Å². The number of nitrogens with one attached hydrogen (secondary N) is 2. The van der Waals surface area contributed by atoms with E-state index in [2.05, 4.69) is 44.2 Å². The fourth-order valence-corrected chi connectivity index (χ4v) is 3.56. The second kappa shape index (κ2) is 7.27. The average Bonchev–Trinajstić information content (AvgIpc) is 2.87. The van der Waals surface area contributed by atoms with Gasteiger partial charge >= 0.3 is 11.8 Å². The van der Waals surface area contributed by atoms with E-state index in [9.17, 15) is 14.4 Å². The Hall–Kier alpha value is -2.07. The van der Waals surface area contributed by atoms with Crippen molar-refractivity contribution in [1.29, 1.82) is 0 Å². The summed E-state index contributed by atoms with van der Waals surface area (Å²) in [5.41, 5.74) is 0.118. The minimum absolute atomic E-state index is 0.0112. The van der Waals surface area contributed by atoms with Crippen molar-refractivity contribution >= 4 is 20.3 Å². The molecule has 146 valence electrons. The van der Waals surface area contributed by atoms with Gasteiger partial charge in [0.2, 0.25) is 0 Å². The molecule has 0 radical (unpaired) electrons. The van der Waals surface area contributed by atoms with Crippen LogP contribution >= 0.6 is 0 Å². The number of H-pyrrole nitrogens is 1. The first kappa shape index (κ1) is 20.2. The maximum Gasteiger partial charge on any atom is 0.407 e. The van der Waals surface area contributed by atoms with E-state index < -0.39 is 26.0 Å². The summed E-state index contributed by atoms with van der Waals surface area (Å²) in [6.07, 6.45) is -1.07. The van der Waals surface area contributed by atoms with E-state index >= 15 is 0 Å². The first-order valence-corrected chi connectivity index (χ1v) is 11.6. The number of fused-ring (bicyclic) bond motifs is 1. The molecule has 0 fully saturated rings. The number of carbonyl (C=O) groups is 2. The minimum Gasteiger partial charge on any atom is -0.465 e. The largest absolute Gasteiger partial charge is 0.465 e. The first-order chi connectivity index (χ1) is 11.9. The van der Waals surface area contributed by atoms with Gasteiger partial charge in [-0.15, -0.1) is 0 Å². The Labute approximate surface area is 153 Å². The Bertz CT molecular complexity index is 747. The van der Waals surface area contributed by atoms with Crippen molar-refractivity contribution in [1.82, 2.24) is 19.8 Å². The lowest BCUT2D eigenvalue weighted by molar-refractivity contribution is 0.0934. The molecule has 1 aromatic heterocycles. The van der Waals surface area contributed by atoms with E-state index in [1.165, 1.54) is 9.47 Å². The molecular weight excluding hydrogens is 356 g/mol. The second-order valence-electron chi connectivity index (χ2n) is 7.97. The van der Waals surface area contributed by atoms with Gasteiger partial charge in [0.25, 0.3) is 5.91 Å². The molecule has 0 saturated heterocycles. The Morgan fingerprint density at radius 2 is 1.96 bits per heavy atom. The van der Waals surface area contributed by atoms with Gasteiger partial charge in [-0.05, 0) is 18.1 Å². The minimum atomic E-state index is -1.88. The lowest BCUT2D eigenvalue weighted by atomic mass is 10.2. The number of aromatic amines is 1. The maximum absolute atomic E-state index is 12.4. The molecule has 2 heterocycles. The number of rotatable bonds is 5. The van der Waals surface area contributed by atoms with Crippen LogP contribution < -0.4 is 11.0 Å². The van der Waals surface area contributed by atoms with Gasteiger partial charge < -0.3 is 24.7 Å². The quantitative estimate of drug-likeness (QED) is 0.524. The molecule has 2 rings (SSSR count). The predicted octanol–water partition coefficient (Wildman–Crippen LogP) is 1.42. The number of carboxylic acid groups (broad SMARTS) is 1. The molecule has 0 unspecified atom stereocenters. The highest BCUT2D eigenvalue weighted by atomic mass is 28.4. The van der Waals surface area contributed by atoms with Crippen LogP contribution in [-0.4, -0.2) is 59.6 Å². The van der Waals surface area contributed by atoms with E-state index in [0.29, 0.717) is 18.8 Å². The highest BCUT2D eigenvalue weighted by Gasteiger charge is 2.37. The molecule has 0 aromatic carbocycles. The molecular formula is C16H28N4O5Si. The summed E-state index contributed by atoms with van der Waals surface area (Å²) in [5, 5.41) is 12.0. The molecule has 0 aliphatic carbocycles. The molecule has 0 saturated carbocycles. The fourth-order valence-electron chi connectivity index (χ4n) is 2.51. The number of hydrogen-bond acceptors (Lipinski definition) is 4. The van der Waals surface area contributed by atoms with Crippen LogP contribution in [0.25, 0.3) is 0 Å². The van der Waals surface area contributed by atoms with Crippen molar-refractivity contribution in [2.75, 3.05) is 19.7 Å². The normalized spacial score (nSPS) is 14.9. The van der Waals surface area contributed by atoms with Crippen molar-refractivity contribution in [3.8, 4) is 0 Å². The summed E-state index contributed by atoms with van der Waals surface area (Å²) in [5.74, 6) is -0.429. The standard InChI is InChI=1S/C16H28N4O5Si/c1-16(2,3)26(4,5)25-9-6-17-13(21)12-11-10-19(15(23)24)7-8-20(11)14(22)18-12/h6-10H2,1-5H3,(H,17,21)(H,18,22)(H,23,24). The average molecular weight is 385 g/mol. The fraction of sp³-hybridized carbons (Fsp3) is 0.688. The van der Waals surface area contributed by atoms with Crippen molar-refractivity contribution in [3.05, 3.63) is 21.9 Å². The lowest BCUT2D eigenvalue weighted by Crippen LogP contribution is -2.43. The summed E-state index contributed by atoms with van der Waals surface area (Å²) in [6, 6.07) is 0. The van der Waals surface area contributed by atoms with E-state index in [1.54, 1.807) is 0 Å². The first-order valence-electron chi connectivity index (χ1n) is 8.66. The summed E-state index contributed by atoms with van der Waals surface area (Å²) in [4.78, 5) is 39.3. The topological polar surface area (TPSA) is 117 Å². The Balaban J connectivity index is 1.99. The molecule has 0 bridgehead atoms. The molecule has 26 heavy (non-hydrogen) atoms. The molecule has 1 aliphatic rings. The van der Waals surface area contributed by atoms with Crippen molar-refractivity contribution in [2.24, 2.45) is 0 Å². The van der Waals surface area contributed by atoms with Crippen LogP contribution in [0, 0.1) is 0 Å². The van der Waals surface area contributed by atoms with Crippen LogP contribution in [-0.2, 0) is 17.5 Å². The summed E-state index contributed by atoms with van der Waals surface area (Å²) < 4.78 is 7.42. The number of hydrogen-bond donors (Lipinski definition) is 3.